The molecule has 0 fully saturated rings. The third kappa shape index (κ3) is 3.63. The van der Waals surface area contributed by atoms with E-state index in [4.69, 9.17) is 0 Å². The molecule has 1 aliphatic rings. The lowest BCUT2D eigenvalue weighted by atomic mass is 10.1. The quantitative estimate of drug-likeness (QED) is 0.669. The Balaban J connectivity index is 1.57. The van der Waals surface area contributed by atoms with Crippen molar-refractivity contribution in [2.24, 2.45) is 0 Å². The molecule has 2 aromatic carbocycles. The average molecular weight is 390 g/mol. The molecule has 0 radical (unpaired) electrons. The van der Waals surface area contributed by atoms with Gasteiger partial charge in [0.25, 0.3) is 17.4 Å². The zero-order chi connectivity index (χ0) is 20.4. The number of carbonyl (C=O) groups excluding carboxylic acids is 2. The minimum atomic E-state index is -0.569. The molecule has 0 bridgehead atoms. The highest BCUT2D eigenvalue weighted by Crippen LogP contribution is 2.22. The summed E-state index contributed by atoms with van der Waals surface area (Å²) in [7, 11) is 0. The second-order valence-electron chi connectivity index (χ2n) is 7.17. The van der Waals surface area contributed by atoms with Gasteiger partial charge in [-0.2, -0.15) is 5.10 Å². The number of hydrazine groups is 1. The Hall–Kier alpha value is -3.48. The van der Waals surface area contributed by atoms with Gasteiger partial charge in [0.05, 0.1) is 5.39 Å². The van der Waals surface area contributed by atoms with Crippen LogP contribution < -0.4 is 16.4 Å². The number of hydrogen-bond acceptors (Lipinski definition) is 4. The zero-order valence-electron chi connectivity index (χ0n) is 16.2. The van der Waals surface area contributed by atoms with Crippen LogP contribution in [-0.2, 0) is 19.4 Å². The van der Waals surface area contributed by atoms with Crippen molar-refractivity contribution in [2.45, 2.75) is 39.2 Å². The second kappa shape index (κ2) is 7.87. The first kappa shape index (κ1) is 18.9. The molecule has 1 aliphatic carbocycles. The van der Waals surface area contributed by atoms with E-state index in [1.54, 1.807) is 30.3 Å². The van der Waals surface area contributed by atoms with Gasteiger partial charge in [0.1, 0.15) is 0 Å². The van der Waals surface area contributed by atoms with Gasteiger partial charge >= 0.3 is 0 Å². The van der Waals surface area contributed by atoms with Gasteiger partial charge in [-0.15, -0.1) is 0 Å². The number of aromatic nitrogens is 2. The number of aryl methyl sites for hydroxylation is 3. The summed E-state index contributed by atoms with van der Waals surface area (Å²) in [6, 6.07) is 12.4. The molecule has 0 spiro atoms. The third-order valence-electron chi connectivity index (χ3n) is 5.17. The number of rotatable bonds is 4. The molecule has 0 saturated carbocycles. The fourth-order valence-electron chi connectivity index (χ4n) is 3.72. The molecule has 0 saturated heterocycles. The largest absolute Gasteiger partial charge is 0.290 e. The Morgan fingerprint density at radius 2 is 1.72 bits per heavy atom. The highest BCUT2D eigenvalue weighted by molar-refractivity contribution is 6.06. The predicted molar refractivity (Wildman–Crippen MR) is 110 cm³/mol. The maximum Gasteiger partial charge on any atom is 0.290 e. The van der Waals surface area contributed by atoms with E-state index in [1.165, 1.54) is 15.8 Å². The van der Waals surface area contributed by atoms with Crippen LogP contribution in [-0.4, -0.2) is 21.6 Å². The van der Waals surface area contributed by atoms with Crippen LogP contribution in [0.2, 0.25) is 0 Å². The highest BCUT2D eigenvalue weighted by atomic mass is 16.2. The van der Waals surface area contributed by atoms with E-state index in [1.807, 2.05) is 19.1 Å². The van der Waals surface area contributed by atoms with Gasteiger partial charge in [-0.1, -0.05) is 31.2 Å². The molecule has 0 aliphatic heterocycles. The summed E-state index contributed by atoms with van der Waals surface area (Å²) in [6.45, 7) is 2.34. The van der Waals surface area contributed by atoms with Gasteiger partial charge in [-0.3, -0.25) is 25.2 Å². The van der Waals surface area contributed by atoms with E-state index < -0.39 is 5.91 Å². The van der Waals surface area contributed by atoms with Crippen molar-refractivity contribution in [3.8, 4) is 0 Å². The summed E-state index contributed by atoms with van der Waals surface area (Å²) in [5.41, 5.74) is 7.71. The van der Waals surface area contributed by atoms with E-state index in [0.29, 0.717) is 29.3 Å². The van der Waals surface area contributed by atoms with Crippen LogP contribution in [0.15, 0.2) is 47.3 Å². The normalized spacial score (nSPS) is 12.6. The number of nitrogens with one attached hydrogen (secondary N) is 2. The first-order valence-corrected chi connectivity index (χ1v) is 9.81. The maximum atomic E-state index is 12.7. The van der Waals surface area contributed by atoms with Crippen LogP contribution in [0.1, 0.15) is 51.7 Å². The monoisotopic (exact) mass is 390 g/mol. The number of amides is 2. The van der Waals surface area contributed by atoms with Crippen molar-refractivity contribution < 1.29 is 9.59 Å². The number of fused-ring (bicyclic) bond motifs is 2. The molecule has 7 heteroatoms. The Labute approximate surface area is 167 Å². The number of benzene rings is 2. The molecule has 1 aromatic heterocycles. The van der Waals surface area contributed by atoms with E-state index in [2.05, 4.69) is 16.0 Å². The molecule has 7 nitrogen and oxygen atoms in total. The summed E-state index contributed by atoms with van der Waals surface area (Å²) >= 11 is 0. The van der Waals surface area contributed by atoms with Crippen LogP contribution >= 0.6 is 0 Å². The lowest BCUT2D eigenvalue weighted by Gasteiger charge is -2.12. The predicted octanol–water partition coefficient (Wildman–Crippen LogP) is 2.37. The van der Waals surface area contributed by atoms with Gasteiger partial charge in [0.15, 0.2) is 5.69 Å². The Morgan fingerprint density at radius 1 is 1.00 bits per heavy atom. The van der Waals surface area contributed by atoms with Gasteiger partial charge in [0, 0.05) is 17.5 Å². The average Bonchev–Trinajstić information content (AvgIpc) is 3.22. The Kier molecular flexibility index (Phi) is 5.12. The summed E-state index contributed by atoms with van der Waals surface area (Å²) < 4.78 is 1.29. The van der Waals surface area contributed by atoms with E-state index in [-0.39, 0.29) is 17.2 Å². The standard InChI is InChI=1S/C22H22N4O3/c1-2-12-26-22(29)18-9-4-3-8-17(18)19(25-26)21(28)24-23-20(27)16-11-10-14-6-5-7-15(14)13-16/h3-4,8-11,13H,2,5-7,12H2,1H3,(H,23,27)(H,24,28). The van der Waals surface area contributed by atoms with Gasteiger partial charge in [-0.05, 0) is 55.0 Å². The molecule has 2 N–H and O–H groups in total. The molecule has 2 amide bonds. The molecule has 1 heterocycles. The van der Waals surface area contributed by atoms with Gasteiger partial charge in [0.2, 0.25) is 0 Å². The summed E-state index contributed by atoms with van der Waals surface area (Å²) in [4.78, 5) is 37.7. The molecule has 0 unspecified atom stereocenters. The van der Waals surface area contributed by atoms with Crippen molar-refractivity contribution >= 4 is 22.6 Å². The number of carbonyl (C=O) groups is 2. The van der Waals surface area contributed by atoms with Gasteiger partial charge in [-0.25, -0.2) is 4.68 Å². The minimum absolute atomic E-state index is 0.0999. The SMILES string of the molecule is CCCn1nc(C(=O)NNC(=O)c2ccc3c(c2)CCC3)c2ccccc2c1=O. The Bertz CT molecular complexity index is 1170. The van der Waals surface area contributed by atoms with Crippen molar-refractivity contribution in [3.05, 3.63) is 75.2 Å². The maximum absolute atomic E-state index is 12.7. The second-order valence-corrected chi connectivity index (χ2v) is 7.17. The fraction of sp³-hybridized carbons (Fsp3) is 0.273. The molecule has 29 heavy (non-hydrogen) atoms. The molecule has 148 valence electrons. The third-order valence-corrected chi connectivity index (χ3v) is 5.17. The van der Waals surface area contributed by atoms with Crippen LogP contribution in [0.5, 0.6) is 0 Å². The van der Waals surface area contributed by atoms with Crippen LogP contribution in [0.3, 0.4) is 0 Å². The molecular weight excluding hydrogens is 368 g/mol. The van der Waals surface area contributed by atoms with Gasteiger partial charge < -0.3 is 0 Å². The van der Waals surface area contributed by atoms with Crippen molar-refractivity contribution in [1.29, 1.82) is 0 Å². The van der Waals surface area contributed by atoms with E-state index in [9.17, 15) is 14.4 Å². The van der Waals surface area contributed by atoms with Crippen LogP contribution in [0, 0.1) is 0 Å². The van der Waals surface area contributed by atoms with Crippen LogP contribution in [0.4, 0.5) is 0 Å². The van der Waals surface area contributed by atoms with Crippen molar-refractivity contribution in [1.82, 2.24) is 20.6 Å². The minimum Gasteiger partial charge on any atom is -0.267 e. The van der Waals surface area contributed by atoms with E-state index in [0.717, 1.165) is 19.3 Å². The molecule has 0 atom stereocenters. The van der Waals surface area contributed by atoms with Crippen LogP contribution in [0.25, 0.3) is 10.8 Å². The first-order chi connectivity index (χ1) is 14.1. The lowest BCUT2D eigenvalue weighted by Crippen LogP contribution is -2.42. The Morgan fingerprint density at radius 3 is 2.52 bits per heavy atom. The molecular formula is C22H22N4O3. The number of hydrogen-bond donors (Lipinski definition) is 2. The van der Waals surface area contributed by atoms with Crippen molar-refractivity contribution in [2.75, 3.05) is 0 Å². The molecule has 4 rings (SSSR count). The topological polar surface area (TPSA) is 93.1 Å². The summed E-state index contributed by atoms with van der Waals surface area (Å²) in [5.74, 6) is -0.959. The highest BCUT2D eigenvalue weighted by Gasteiger charge is 2.18. The fourth-order valence-corrected chi connectivity index (χ4v) is 3.72. The van der Waals surface area contributed by atoms with Crippen molar-refractivity contribution in [3.63, 3.8) is 0 Å². The first-order valence-electron chi connectivity index (χ1n) is 9.81. The summed E-state index contributed by atoms with van der Waals surface area (Å²) in [5, 5.41) is 5.10. The smallest absolute Gasteiger partial charge is 0.267 e. The zero-order valence-corrected chi connectivity index (χ0v) is 16.2. The summed E-state index contributed by atoms with van der Waals surface area (Å²) in [6.07, 6.45) is 3.82. The number of nitrogens with zero attached hydrogens (tertiary/aromatic N) is 2. The lowest BCUT2D eigenvalue weighted by molar-refractivity contribution is 0.0843. The molecule has 3 aromatic rings. The van der Waals surface area contributed by atoms with E-state index >= 15 is 0 Å².